The van der Waals surface area contributed by atoms with Crippen LogP contribution in [0.25, 0.3) is 5.65 Å². The zero-order valence-electron chi connectivity index (χ0n) is 11.5. The first-order valence-corrected chi connectivity index (χ1v) is 6.85. The first-order valence-electron chi connectivity index (χ1n) is 6.85. The quantitative estimate of drug-likeness (QED) is 0.596. The third-order valence-corrected chi connectivity index (χ3v) is 3.58. The highest BCUT2D eigenvalue weighted by Gasteiger charge is 2.26. The number of hydrogen-bond donors (Lipinski definition) is 0. The lowest BCUT2D eigenvalue weighted by molar-refractivity contribution is -0.119. The summed E-state index contributed by atoms with van der Waals surface area (Å²) in [7, 11) is 0. The normalized spacial score (nSPS) is 14.3. The van der Waals surface area contributed by atoms with Gasteiger partial charge < -0.3 is 0 Å². The highest BCUT2D eigenvalue weighted by atomic mass is 16.2. The van der Waals surface area contributed by atoms with Gasteiger partial charge in [-0.25, -0.2) is 14.2 Å². The number of tetrazole rings is 1. The van der Waals surface area contributed by atoms with Gasteiger partial charge in [-0.15, -0.1) is 5.10 Å². The second-order valence-electron chi connectivity index (χ2n) is 4.97. The third kappa shape index (κ3) is 1.88. The Morgan fingerprint density at radius 1 is 1.27 bits per heavy atom. The summed E-state index contributed by atoms with van der Waals surface area (Å²) in [5.74, 6) is 0.148. The number of amides is 1. The Morgan fingerprint density at radius 3 is 3.05 bits per heavy atom. The molecule has 3 aromatic rings. The predicted octanol–water partition coefficient (Wildman–Crippen LogP) is -1.08. The standard InChI is InChI=1S/C12H12N8O2/c21-10(18-6-3-7-19-11(18)13-15-16-19)8-20-12(22)17-5-2-1-4-9(17)14-20/h1-2,4-5H,3,6-8H2. The number of carbonyl (C=O) groups excluding carboxylic acids is 1. The van der Waals surface area contributed by atoms with Crippen LogP contribution in [0.15, 0.2) is 29.2 Å². The van der Waals surface area contributed by atoms with E-state index in [1.54, 1.807) is 29.1 Å². The van der Waals surface area contributed by atoms with Gasteiger partial charge in [0.15, 0.2) is 5.65 Å². The van der Waals surface area contributed by atoms with Crippen LogP contribution in [0.1, 0.15) is 6.42 Å². The number of fused-ring (bicyclic) bond motifs is 2. The number of hydrogen-bond acceptors (Lipinski definition) is 6. The van der Waals surface area contributed by atoms with E-state index in [2.05, 4.69) is 20.6 Å². The maximum Gasteiger partial charge on any atom is 0.350 e. The highest BCUT2D eigenvalue weighted by Crippen LogP contribution is 2.15. The van der Waals surface area contributed by atoms with Crippen LogP contribution in [0.4, 0.5) is 5.95 Å². The average molecular weight is 300 g/mol. The summed E-state index contributed by atoms with van der Waals surface area (Å²) >= 11 is 0. The van der Waals surface area contributed by atoms with Crippen LogP contribution in [0.5, 0.6) is 0 Å². The van der Waals surface area contributed by atoms with E-state index in [-0.39, 0.29) is 18.1 Å². The highest BCUT2D eigenvalue weighted by molar-refractivity contribution is 5.91. The topological polar surface area (TPSA) is 103 Å². The van der Waals surface area contributed by atoms with Crippen LogP contribution in [0, 0.1) is 0 Å². The second-order valence-corrected chi connectivity index (χ2v) is 4.97. The van der Waals surface area contributed by atoms with Gasteiger partial charge in [-0.2, -0.15) is 0 Å². The summed E-state index contributed by atoms with van der Waals surface area (Å²) in [6, 6.07) is 5.23. The van der Waals surface area contributed by atoms with Crippen LogP contribution in [0.3, 0.4) is 0 Å². The average Bonchev–Trinajstić information content (AvgIpc) is 3.13. The number of carbonyl (C=O) groups is 1. The lowest BCUT2D eigenvalue weighted by Gasteiger charge is -2.24. The fourth-order valence-corrected chi connectivity index (χ4v) is 2.54. The number of aromatic nitrogens is 7. The first-order chi connectivity index (χ1) is 10.7. The molecule has 0 N–H and O–H groups in total. The van der Waals surface area contributed by atoms with Gasteiger partial charge in [-0.3, -0.25) is 14.1 Å². The van der Waals surface area contributed by atoms with Crippen LogP contribution < -0.4 is 10.6 Å². The maximum atomic E-state index is 12.5. The molecule has 0 aliphatic carbocycles. The molecule has 1 amide bonds. The molecule has 112 valence electrons. The molecule has 0 radical (unpaired) electrons. The van der Waals surface area contributed by atoms with Crippen LogP contribution in [-0.2, 0) is 17.9 Å². The van der Waals surface area contributed by atoms with Gasteiger partial charge in [-0.05, 0) is 29.0 Å². The van der Waals surface area contributed by atoms with Crippen molar-refractivity contribution in [3.8, 4) is 0 Å². The number of pyridine rings is 1. The van der Waals surface area contributed by atoms with Crippen LogP contribution >= 0.6 is 0 Å². The van der Waals surface area contributed by atoms with Crippen molar-refractivity contribution >= 4 is 17.5 Å². The van der Waals surface area contributed by atoms with E-state index in [1.807, 2.05) is 0 Å². The zero-order valence-corrected chi connectivity index (χ0v) is 11.5. The molecule has 0 aromatic carbocycles. The molecular weight excluding hydrogens is 288 g/mol. The van der Waals surface area contributed by atoms with Crippen molar-refractivity contribution in [3.63, 3.8) is 0 Å². The summed E-state index contributed by atoms with van der Waals surface area (Å²) in [6.45, 7) is 1.06. The zero-order chi connectivity index (χ0) is 15.1. The molecule has 0 saturated heterocycles. The number of nitrogens with zero attached hydrogens (tertiary/aromatic N) is 8. The molecule has 0 unspecified atom stereocenters. The Hall–Kier alpha value is -3.04. The monoisotopic (exact) mass is 300 g/mol. The van der Waals surface area contributed by atoms with Crippen molar-refractivity contribution in [1.82, 2.24) is 34.4 Å². The molecule has 1 aliphatic rings. The fraction of sp³-hybridized carbons (Fsp3) is 0.333. The maximum absolute atomic E-state index is 12.5. The second kappa shape index (κ2) is 4.76. The van der Waals surface area contributed by atoms with Gasteiger partial charge in [0, 0.05) is 19.3 Å². The largest absolute Gasteiger partial charge is 0.350 e. The van der Waals surface area contributed by atoms with Gasteiger partial charge in [0.05, 0.1) is 0 Å². The Labute approximate surface area is 123 Å². The molecular formula is C12H12N8O2. The Balaban J connectivity index is 1.65. The van der Waals surface area contributed by atoms with E-state index >= 15 is 0 Å². The minimum Gasteiger partial charge on any atom is -0.278 e. The minimum absolute atomic E-state index is 0.145. The van der Waals surface area contributed by atoms with Crippen molar-refractivity contribution in [1.29, 1.82) is 0 Å². The minimum atomic E-state index is -0.347. The molecule has 0 saturated carbocycles. The fourth-order valence-electron chi connectivity index (χ4n) is 2.54. The summed E-state index contributed by atoms with van der Waals surface area (Å²) in [5, 5.41) is 15.4. The van der Waals surface area contributed by atoms with Crippen molar-refractivity contribution < 1.29 is 4.79 Å². The van der Waals surface area contributed by atoms with Gasteiger partial charge in [-0.1, -0.05) is 11.2 Å². The number of rotatable bonds is 2. The molecule has 0 spiro atoms. The van der Waals surface area contributed by atoms with E-state index in [4.69, 9.17) is 0 Å². The lowest BCUT2D eigenvalue weighted by atomic mass is 10.3. The molecule has 4 rings (SSSR count). The van der Waals surface area contributed by atoms with Crippen molar-refractivity contribution in [2.24, 2.45) is 0 Å². The summed E-state index contributed by atoms with van der Waals surface area (Å²) in [4.78, 5) is 26.1. The van der Waals surface area contributed by atoms with Crippen LogP contribution in [0.2, 0.25) is 0 Å². The van der Waals surface area contributed by atoms with Crippen molar-refractivity contribution in [2.75, 3.05) is 11.4 Å². The smallest absolute Gasteiger partial charge is 0.278 e. The molecule has 1 aliphatic heterocycles. The molecule has 4 heterocycles. The van der Waals surface area contributed by atoms with E-state index in [1.165, 1.54) is 9.30 Å². The number of aryl methyl sites for hydroxylation is 1. The van der Waals surface area contributed by atoms with Crippen molar-refractivity contribution in [2.45, 2.75) is 19.5 Å². The summed E-state index contributed by atoms with van der Waals surface area (Å²) in [6.07, 6.45) is 2.39. The molecule has 10 nitrogen and oxygen atoms in total. The van der Waals surface area contributed by atoms with Gasteiger partial charge >= 0.3 is 5.69 Å². The van der Waals surface area contributed by atoms with Crippen LogP contribution in [-0.4, -0.2) is 46.8 Å². The summed E-state index contributed by atoms with van der Waals surface area (Å²) < 4.78 is 4.13. The van der Waals surface area contributed by atoms with Gasteiger partial charge in [0.25, 0.3) is 11.9 Å². The molecule has 0 atom stereocenters. The first kappa shape index (κ1) is 12.7. The molecule has 0 bridgehead atoms. The van der Waals surface area contributed by atoms with E-state index in [0.717, 1.165) is 11.1 Å². The van der Waals surface area contributed by atoms with E-state index < -0.39 is 0 Å². The molecule has 3 aromatic heterocycles. The SMILES string of the molecule is O=C(Cn1nc2ccccn2c1=O)N1CCCn2nnnc21. The lowest BCUT2D eigenvalue weighted by Crippen LogP contribution is -2.41. The molecule has 10 heteroatoms. The van der Waals surface area contributed by atoms with Gasteiger partial charge in [0.1, 0.15) is 6.54 Å². The Morgan fingerprint density at radius 2 is 2.18 bits per heavy atom. The molecule has 0 fully saturated rings. The third-order valence-electron chi connectivity index (χ3n) is 3.58. The Kier molecular flexibility index (Phi) is 2.74. The Bertz CT molecular complexity index is 907. The summed E-state index contributed by atoms with van der Waals surface area (Å²) in [5.41, 5.74) is 0.157. The van der Waals surface area contributed by atoms with Gasteiger partial charge in [0.2, 0.25) is 0 Å². The number of anilines is 1. The predicted molar refractivity (Wildman–Crippen MR) is 74.2 cm³/mol. The molecule has 22 heavy (non-hydrogen) atoms. The van der Waals surface area contributed by atoms with E-state index in [0.29, 0.717) is 24.7 Å². The van der Waals surface area contributed by atoms with E-state index in [9.17, 15) is 9.59 Å². The van der Waals surface area contributed by atoms with Crippen molar-refractivity contribution in [3.05, 3.63) is 34.9 Å².